The Hall–Kier alpha value is -1.28. The Kier molecular flexibility index (Phi) is 5.03. The first-order valence-corrected chi connectivity index (χ1v) is 7.32. The van der Waals surface area contributed by atoms with Crippen LogP contribution in [0.5, 0.6) is 0 Å². The van der Waals surface area contributed by atoms with Gasteiger partial charge in [-0.15, -0.1) is 0 Å². The maximum atomic E-state index is 12.2. The van der Waals surface area contributed by atoms with Gasteiger partial charge in [0.2, 0.25) is 5.91 Å². The van der Waals surface area contributed by atoms with Crippen LogP contribution in [0.1, 0.15) is 38.2 Å². The van der Waals surface area contributed by atoms with Gasteiger partial charge in [-0.3, -0.25) is 4.79 Å². The van der Waals surface area contributed by atoms with E-state index in [2.05, 4.69) is 6.92 Å². The molecule has 19 heavy (non-hydrogen) atoms. The van der Waals surface area contributed by atoms with Gasteiger partial charge >= 0.3 is 0 Å². The third-order valence-electron chi connectivity index (χ3n) is 3.67. The van der Waals surface area contributed by atoms with Crippen LogP contribution in [0.3, 0.4) is 0 Å². The number of hydrogen-bond donors (Lipinski definition) is 0. The van der Waals surface area contributed by atoms with E-state index in [1.807, 2.05) is 35.2 Å². The van der Waals surface area contributed by atoms with Crippen LogP contribution in [0.25, 0.3) is 6.08 Å². The zero-order valence-electron chi connectivity index (χ0n) is 11.3. The summed E-state index contributed by atoms with van der Waals surface area (Å²) in [6.45, 7) is 3.04. The second kappa shape index (κ2) is 6.76. The SMILES string of the molecule is CC[C@H]1CCCCN1C(=O)/C=C/c1ccc(Cl)cc1. The van der Waals surface area contributed by atoms with Crippen molar-refractivity contribution >= 4 is 23.6 Å². The molecule has 0 radical (unpaired) electrons. The predicted molar refractivity (Wildman–Crippen MR) is 80.1 cm³/mol. The zero-order chi connectivity index (χ0) is 13.7. The van der Waals surface area contributed by atoms with Gasteiger partial charge in [0.05, 0.1) is 0 Å². The average molecular weight is 278 g/mol. The Morgan fingerprint density at radius 3 is 2.79 bits per heavy atom. The summed E-state index contributed by atoms with van der Waals surface area (Å²) in [6.07, 6.45) is 8.08. The molecule has 0 N–H and O–H groups in total. The Morgan fingerprint density at radius 1 is 1.37 bits per heavy atom. The van der Waals surface area contributed by atoms with Crippen molar-refractivity contribution < 1.29 is 4.79 Å². The molecule has 2 nitrogen and oxygen atoms in total. The van der Waals surface area contributed by atoms with Gasteiger partial charge in [-0.1, -0.05) is 30.7 Å². The van der Waals surface area contributed by atoms with Crippen molar-refractivity contribution in [2.45, 2.75) is 38.6 Å². The van der Waals surface area contributed by atoms with Crippen molar-refractivity contribution in [3.05, 3.63) is 40.9 Å². The number of hydrogen-bond acceptors (Lipinski definition) is 1. The van der Waals surface area contributed by atoms with Crippen molar-refractivity contribution in [2.75, 3.05) is 6.54 Å². The predicted octanol–water partition coefficient (Wildman–Crippen LogP) is 4.14. The van der Waals surface area contributed by atoms with Crippen LogP contribution >= 0.6 is 11.6 Å². The number of carbonyl (C=O) groups excluding carboxylic acids is 1. The van der Waals surface area contributed by atoms with E-state index in [0.717, 1.165) is 31.4 Å². The summed E-state index contributed by atoms with van der Waals surface area (Å²) < 4.78 is 0. The summed E-state index contributed by atoms with van der Waals surface area (Å²) in [5.74, 6) is 0.126. The van der Waals surface area contributed by atoms with Gasteiger partial charge in [-0.25, -0.2) is 0 Å². The summed E-state index contributed by atoms with van der Waals surface area (Å²) in [5.41, 5.74) is 1.00. The van der Waals surface area contributed by atoms with E-state index in [4.69, 9.17) is 11.6 Å². The molecule has 0 aromatic heterocycles. The molecule has 0 aliphatic carbocycles. The number of rotatable bonds is 3. The third-order valence-corrected chi connectivity index (χ3v) is 3.92. The molecule has 0 bridgehead atoms. The van der Waals surface area contributed by atoms with Crippen molar-refractivity contribution in [3.8, 4) is 0 Å². The second-order valence-electron chi connectivity index (χ2n) is 4.97. The molecule has 102 valence electrons. The van der Waals surface area contributed by atoms with Gasteiger partial charge in [0.25, 0.3) is 0 Å². The van der Waals surface area contributed by atoms with E-state index in [1.165, 1.54) is 6.42 Å². The van der Waals surface area contributed by atoms with E-state index in [1.54, 1.807) is 6.08 Å². The molecule has 2 rings (SSSR count). The van der Waals surface area contributed by atoms with Gasteiger partial charge < -0.3 is 4.90 Å². The molecule has 1 amide bonds. The highest BCUT2D eigenvalue weighted by molar-refractivity contribution is 6.30. The normalized spacial score (nSPS) is 19.9. The molecule has 1 fully saturated rings. The largest absolute Gasteiger partial charge is 0.336 e. The molecule has 1 heterocycles. The van der Waals surface area contributed by atoms with Gasteiger partial charge in [0, 0.05) is 23.7 Å². The number of likely N-dealkylation sites (tertiary alicyclic amines) is 1. The minimum atomic E-state index is 0.126. The molecule has 1 aromatic carbocycles. The highest BCUT2D eigenvalue weighted by Gasteiger charge is 2.23. The average Bonchev–Trinajstić information content (AvgIpc) is 2.46. The van der Waals surface area contributed by atoms with Crippen LogP contribution in [0.4, 0.5) is 0 Å². The molecular weight excluding hydrogens is 258 g/mol. The van der Waals surface area contributed by atoms with E-state index >= 15 is 0 Å². The fourth-order valence-corrected chi connectivity index (χ4v) is 2.68. The Labute approximate surface area is 120 Å². The molecular formula is C16H20ClNO. The fourth-order valence-electron chi connectivity index (χ4n) is 2.55. The lowest BCUT2D eigenvalue weighted by atomic mass is 10.00. The standard InChI is InChI=1S/C16H20ClNO/c1-2-15-5-3-4-12-18(15)16(19)11-8-13-6-9-14(17)10-7-13/h6-11,15H,2-5,12H2,1H3/b11-8+/t15-/m0/s1. The van der Waals surface area contributed by atoms with Crippen molar-refractivity contribution in [2.24, 2.45) is 0 Å². The van der Waals surface area contributed by atoms with E-state index in [0.29, 0.717) is 11.1 Å². The fraction of sp³-hybridized carbons (Fsp3) is 0.438. The van der Waals surface area contributed by atoms with Gasteiger partial charge in [0.1, 0.15) is 0 Å². The van der Waals surface area contributed by atoms with E-state index in [-0.39, 0.29) is 5.91 Å². The zero-order valence-corrected chi connectivity index (χ0v) is 12.1. The van der Waals surface area contributed by atoms with Crippen LogP contribution in [-0.4, -0.2) is 23.4 Å². The third kappa shape index (κ3) is 3.84. The highest BCUT2D eigenvalue weighted by atomic mass is 35.5. The van der Waals surface area contributed by atoms with Crippen LogP contribution in [-0.2, 0) is 4.79 Å². The van der Waals surface area contributed by atoms with Crippen LogP contribution in [0.2, 0.25) is 5.02 Å². The second-order valence-corrected chi connectivity index (χ2v) is 5.41. The molecule has 0 saturated carbocycles. The lowest BCUT2D eigenvalue weighted by molar-refractivity contribution is -0.129. The number of halogens is 1. The maximum absolute atomic E-state index is 12.2. The van der Waals surface area contributed by atoms with Gasteiger partial charge in [0.15, 0.2) is 0 Å². The first-order valence-electron chi connectivity index (χ1n) is 6.95. The van der Waals surface area contributed by atoms with E-state index in [9.17, 15) is 4.79 Å². The first-order chi connectivity index (χ1) is 9.20. The van der Waals surface area contributed by atoms with Crippen LogP contribution in [0, 0.1) is 0 Å². The number of nitrogens with zero attached hydrogens (tertiary/aromatic N) is 1. The number of carbonyl (C=O) groups is 1. The molecule has 1 aliphatic rings. The van der Waals surface area contributed by atoms with Crippen LogP contribution < -0.4 is 0 Å². The van der Waals surface area contributed by atoms with Crippen molar-refractivity contribution in [3.63, 3.8) is 0 Å². The van der Waals surface area contributed by atoms with Crippen molar-refractivity contribution in [1.29, 1.82) is 0 Å². The molecule has 1 aliphatic heterocycles. The Balaban J connectivity index is 2.01. The highest BCUT2D eigenvalue weighted by Crippen LogP contribution is 2.20. The Morgan fingerprint density at radius 2 is 2.11 bits per heavy atom. The summed E-state index contributed by atoms with van der Waals surface area (Å²) in [5, 5.41) is 0.713. The lowest BCUT2D eigenvalue weighted by Gasteiger charge is -2.34. The van der Waals surface area contributed by atoms with Gasteiger partial charge in [-0.2, -0.15) is 0 Å². The topological polar surface area (TPSA) is 20.3 Å². The molecule has 3 heteroatoms. The minimum absolute atomic E-state index is 0.126. The molecule has 0 spiro atoms. The Bertz CT molecular complexity index is 452. The molecule has 1 saturated heterocycles. The summed E-state index contributed by atoms with van der Waals surface area (Å²) >= 11 is 5.83. The monoisotopic (exact) mass is 277 g/mol. The quantitative estimate of drug-likeness (QED) is 0.760. The molecule has 0 unspecified atom stereocenters. The first kappa shape index (κ1) is 14.1. The molecule has 1 aromatic rings. The summed E-state index contributed by atoms with van der Waals surface area (Å²) in [6, 6.07) is 7.92. The lowest BCUT2D eigenvalue weighted by Crippen LogP contribution is -2.42. The maximum Gasteiger partial charge on any atom is 0.246 e. The van der Waals surface area contributed by atoms with E-state index < -0.39 is 0 Å². The van der Waals surface area contributed by atoms with Gasteiger partial charge in [-0.05, 0) is 49.5 Å². The number of piperidine rings is 1. The molecule has 1 atom stereocenters. The smallest absolute Gasteiger partial charge is 0.246 e. The number of amides is 1. The van der Waals surface area contributed by atoms with Crippen molar-refractivity contribution in [1.82, 2.24) is 4.90 Å². The summed E-state index contributed by atoms with van der Waals surface area (Å²) in [4.78, 5) is 14.2. The van der Waals surface area contributed by atoms with Crippen LogP contribution in [0.15, 0.2) is 30.3 Å². The minimum Gasteiger partial charge on any atom is -0.336 e. The summed E-state index contributed by atoms with van der Waals surface area (Å²) in [7, 11) is 0. The number of benzene rings is 1.